The fraction of sp³-hybridized carbons (Fsp3) is 0.229. The first-order valence-corrected chi connectivity index (χ1v) is 14.4. The zero-order chi connectivity index (χ0) is 31.5. The summed E-state index contributed by atoms with van der Waals surface area (Å²) in [5.74, 6) is -1.76. The molecule has 0 aliphatic rings. The van der Waals surface area contributed by atoms with E-state index in [9.17, 15) is 19.2 Å². The lowest BCUT2D eigenvalue weighted by atomic mass is 9.96. The van der Waals surface area contributed by atoms with Crippen LogP contribution in [0.2, 0.25) is 0 Å². The Balaban J connectivity index is 1.61. The molecule has 9 nitrogen and oxygen atoms in total. The number of carbonyl (C=O) groups is 4. The molecule has 0 saturated heterocycles. The van der Waals surface area contributed by atoms with E-state index in [1.54, 1.807) is 6.92 Å². The molecule has 5 aromatic rings. The van der Waals surface area contributed by atoms with Crippen LogP contribution in [0.3, 0.4) is 0 Å². The second-order valence-electron chi connectivity index (χ2n) is 10.7. The van der Waals surface area contributed by atoms with Gasteiger partial charge in [-0.05, 0) is 55.0 Å². The Bertz CT molecular complexity index is 1970. The van der Waals surface area contributed by atoms with Crippen molar-refractivity contribution >= 4 is 61.9 Å². The number of hydrogen-bond acceptors (Lipinski definition) is 7. The van der Waals surface area contributed by atoms with Gasteiger partial charge in [-0.2, -0.15) is 5.06 Å². The summed E-state index contributed by atoms with van der Waals surface area (Å²) in [5.41, 5.74) is 4.17. The van der Waals surface area contributed by atoms with E-state index in [2.05, 4.69) is 16.6 Å². The van der Waals surface area contributed by atoms with Crippen LogP contribution in [0.25, 0.3) is 32.6 Å². The number of oxime groups is 1. The Labute approximate surface area is 254 Å². The molecular formula is C35H33N3O6. The molecule has 0 spiro atoms. The minimum atomic E-state index is -0.631. The molecule has 44 heavy (non-hydrogen) atoms. The van der Waals surface area contributed by atoms with Crippen molar-refractivity contribution < 1.29 is 28.9 Å². The van der Waals surface area contributed by atoms with Gasteiger partial charge in [-0.1, -0.05) is 53.7 Å². The zero-order valence-electron chi connectivity index (χ0n) is 25.3. The summed E-state index contributed by atoms with van der Waals surface area (Å²) >= 11 is 0. The molecule has 0 fully saturated rings. The molecule has 224 valence electrons. The molecule has 9 heteroatoms. The number of ketones is 1. The van der Waals surface area contributed by atoms with Crippen molar-refractivity contribution in [2.24, 2.45) is 5.16 Å². The minimum Gasteiger partial charge on any atom is -0.341 e. The molecule has 0 bridgehead atoms. The Kier molecular flexibility index (Phi) is 8.57. The molecule has 0 saturated carbocycles. The topological polar surface area (TPSA) is 107 Å². The molecule has 1 amide bonds. The van der Waals surface area contributed by atoms with Gasteiger partial charge in [0.2, 0.25) is 0 Å². The van der Waals surface area contributed by atoms with Gasteiger partial charge in [-0.3, -0.25) is 14.4 Å². The molecule has 1 unspecified atom stereocenters. The van der Waals surface area contributed by atoms with E-state index in [4.69, 9.17) is 9.68 Å². The fourth-order valence-electron chi connectivity index (χ4n) is 5.64. The van der Waals surface area contributed by atoms with Gasteiger partial charge in [0, 0.05) is 72.2 Å². The summed E-state index contributed by atoms with van der Waals surface area (Å²) < 4.78 is 2.17. The van der Waals surface area contributed by atoms with Crippen molar-refractivity contribution in [3.8, 4) is 0 Å². The molecule has 5 rings (SSSR count). The summed E-state index contributed by atoms with van der Waals surface area (Å²) in [4.78, 5) is 59.5. The van der Waals surface area contributed by atoms with Crippen LogP contribution in [-0.2, 0) is 30.6 Å². The predicted molar refractivity (Wildman–Crippen MR) is 169 cm³/mol. The number of fused-ring (bicyclic) bond motifs is 4. The maximum Gasteiger partial charge on any atom is 0.331 e. The summed E-state index contributed by atoms with van der Waals surface area (Å²) in [6, 6.07) is 24.5. The fourth-order valence-corrected chi connectivity index (χ4v) is 5.64. The minimum absolute atomic E-state index is 0.0713. The third kappa shape index (κ3) is 5.94. The van der Waals surface area contributed by atoms with Crippen LogP contribution in [0.1, 0.15) is 62.5 Å². The summed E-state index contributed by atoms with van der Waals surface area (Å²) in [5, 5.41) is 8.76. The standard InChI is InChI=1S/C35H33N3O6/c1-6-37-33-16-14-26(32(36-43-23(4)40)18-21(2)38(22(3)39)44-24(5)41)19-30(33)31-20-27(15-17-34(31)37)35(42)29-13-9-11-25-10-7-8-12-28(25)29/h7-17,19-21H,6,18H2,1-5H3/b36-32-. The number of carbonyl (C=O) groups excluding carboxylic acids is 4. The van der Waals surface area contributed by atoms with E-state index in [0.29, 0.717) is 28.9 Å². The van der Waals surface area contributed by atoms with Crippen LogP contribution < -0.4 is 0 Å². The molecule has 4 aromatic carbocycles. The number of rotatable bonds is 8. The maximum atomic E-state index is 13.8. The lowest BCUT2D eigenvalue weighted by molar-refractivity contribution is -0.202. The number of aryl methyl sites for hydroxylation is 1. The molecule has 1 atom stereocenters. The van der Waals surface area contributed by atoms with Crippen LogP contribution in [0, 0.1) is 0 Å². The van der Waals surface area contributed by atoms with Gasteiger partial charge in [0.05, 0.1) is 11.8 Å². The number of nitrogens with zero attached hydrogens (tertiary/aromatic N) is 3. The smallest absolute Gasteiger partial charge is 0.331 e. The average Bonchev–Trinajstić information content (AvgIpc) is 3.32. The van der Waals surface area contributed by atoms with Gasteiger partial charge in [0.25, 0.3) is 5.91 Å². The normalized spacial score (nSPS) is 12.3. The highest BCUT2D eigenvalue weighted by Crippen LogP contribution is 2.32. The van der Waals surface area contributed by atoms with Crippen molar-refractivity contribution in [3.63, 3.8) is 0 Å². The van der Waals surface area contributed by atoms with Crippen molar-refractivity contribution in [1.82, 2.24) is 9.63 Å². The number of benzene rings is 4. The van der Waals surface area contributed by atoms with Gasteiger partial charge in [0.15, 0.2) is 5.78 Å². The zero-order valence-corrected chi connectivity index (χ0v) is 25.3. The van der Waals surface area contributed by atoms with Crippen LogP contribution in [0.15, 0.2) is 84.0 Å². The predicted octanol–water partition coefficient (Wildman–Crippen LogP) is 6.57. The van der Waals surface area contributed by atoms with Crippen LogP contribution in [0.5, 0.6) is 0 Å². The SMILES string of the molecule is CCn1c2ccc(C(=O)c3cccc4ccccc34)cc2c2cc(/C(CC(C)N(OC(C)=O)C(C)=O)=N\OC(C)=O)ccc21. The number of aromatic nitrogens is 1. The lowest BCUT2D eigenvalue weighted by Crippen LogP contribution is -2.39. The van der Waals surface area contributed by atoms with Gasteiger partial charge < -0.3 is 14.2 Å². The van der Waals surface area contributed by atoms with Crippen molar-refractivity contribution in [3.05, 3.63) is 95.6 Å². The molecule has 1 aromatic heterocycles. The number of hydrogen-bond donors (Lipinski definition) is 0. The van der Waals surface area contributed by atoms with E-state index < -0.39 is 23.9 Å². The van der Waals surface area contributed by atoms with E-state index in [-0.39, 0.29) is 12.2 Å². The molecule has 0 radical (unpaired) electrons. The van der Waals surface area contributed by atoms with Gasteiger partial charge >= 0.3 is 11.9 Å². The third-order valence-corrected chi connectivity index (χ3v) is 7.52. The first kappa shape index (κ1) is 30.2. The van der Waals surface area contributed by atoms with Gasteiger partial charge in [-0.15, -0.1) is 0 Å². The van der Waals surface area contributed by atoms with Crippen molar-refractivity contribution in [1.29, 1.82) is 0 Å². The molecule has 0 aliphatic heterocycles. The first-order valence-electron chi connectivity index (χ1n) is 14.4. The van der Waals surface area contributed by atoms with E-state index in [1.165, 1.54) is 20.8 Å². The quantitative estimate of drug-likeness (QED) is 0.0874. The van der Waals surface area contributed by atoms with Gasteiger partial charge in [0.1, 0.15) is 0 Å². The van der Waals surface area contributed by atoms with Crippen LogP contribution in [0.4, 0.5) is 0 Å². The Morgan fingerprint density at radius 1 is 0.795 bits per heavy atom. The Morgan fingerprint density at radius 2 is 1.43 bits per heavy atom. The van der Waals surface area contributed by atoms with E-state index in [0.717, 1.165) is 37.6 Å². The van der Waals surface area contributed by atoms with Crippen molar-refractivity contribution in [2.45, 2.75) is 53.6 Å². The Hall–Kier alpha value is -5.31. The largest absolute Gasteiger partial charge is 0.341 e. The molecular weight excluding hydrogens is 558 g/mol. The number of hydroxylamine groups is 2. The summed E-state index contributed by atoms with van der Waals surface area (Å²) in [6.07, 6.45) is 0.128. The molecule has 1 heterocycles. The maximum absolute atomic E-state index is 13.8. The average molecular weight is 592 g/mol. The van der Waals surface area contributed by atoms with Crippen LogP contribution in [-0.4, -0.2) is 45.0 Å². The summed E-state index contributed by atoms with van der Waals surface area (Å²) in [6.45, 7) is 8.23. The number of amides is 1. The monoisotopic (exact) mass is 591 g/mol. The van der Waals surface area contributed by atoms with Gasteiger partial charge in [-0.25, -0.2) is 4.79 Å². The van der Waals surface area contributed by atoms with Crippen molar-refractivity contribution in [2.75, 3.05) is 0 Å². The molecule has 0 N–H and O–H groups in total. The highest BCUT2D eigenvalue weighted by atomic mass is 16.7. The first-order chi connectivity index (χ1) is 21.1. The summed E-state index contributed by atoms with van der Waals surface area (Å²) in [7, 11) is 0. The molecule has 0 aliphatic carbocycles. The highest BCUT2D eigenvalue weighted by molar-refractivity contribution is 6.19. The van der Waals surface area contributed by atoms with Crippen LogP contribution >= 0.6 is 0 Å². The highest BCUT2D eigenvalue weighted by Gasteiger charge is 2.24. The second kappa shape index (κ2) is 12.5. The third-order valence-electron chi connectivity index (χ3n) is 7.52. The van der Waals surface area contributed by atoms with E-state index >= 15 is 0 Å². The lowest BCUT2D eigenvalue weighted by Gasteiger charge is -2.26. The Morgan fingerprint density at radius 3 is 2.07 bits per heavy atom. The van der Waals surface area contributed by atoms with E-state index in [1.807, 2.05) is 78.9 Å². The second-order valence-corrected chi connectivity index (χ2v) is 10.7.